The van der Waals surface area contributed by atoms with Gasteiger partial charge in [-0.15, -0.1) is 0 Å². The van der Waals surface area contributed by atoms with Crippen molar-refractivity contribution in [3.8, 4) is 0 Å². The molecule has 0 aromatic rings. The minimum Gasteiger partial charge on any atom is -0.479 e. The standard InChI is InChI=1S/C12H15NO6/c1-6-9(12(17)19-7(2)10(14)15)4-8(5-13-6)11(16)18-3/h5,7,13H,4H2,1-3H3,(H,14,15). The van der Waals surface area contributed by atoms with Gasteiger partial charge in [-0.05, 0) is 13.8 Å². The predicted octanol–water partition coefficient (Wildman–Crippen LogP) is 0.327. The first-order chi connectivity index (χ1) is 8.86. The van der Waals surface area contributed by atoms with Gasteiger partial charge in [0.05, 0.1) is 18.3 Å². The zero-order valence-electron chi connectivity index (χ0n) is 10.9. The molecule has 1 aliphatic rings. The second kappa shape index (κ2) is 6.03. The number of methoxy groups -OCH3 is 1. The second-order valence-electron chi connectivity index (χ2n) is 3.97. The van der Waals surface area contributed by atoms with Crippen LogP contribution in [0.25, 0.3) is 0 Å². The van der Waals surface area contributed by atoms with Crippen LogP contribution in [0.5, 0.6) is 0 Å². The van der Waals surface area contributed by atoms with Gasteiger partial charge in [-0.3, -0.25) is 0 Å². The SMILES string of the molecule is COC(=O)C1=CNC(C)=C(C(=O)OC(C)C(=O)O)C1. The van der Waals surface area contributed by atoms with E-state index in [9.17, 15) is 14.4 Å². The number of rotatable bonds is 4. The van der Waals surface area contributed by atoms with Crippen molar-refractivity contribution in [1.82, 2.24) is 5.32 Å². The summed E-state index contributed by atoms with van der Waals surface area (Å²) in [5, 5.41) is 11.4. The third-order valence-corrected chi connectivity index (χ3v) is 2.61. The fraction of sp³-hybridized carbons (Fsp3) is 0.417. The lowest BCUT2D eigenvalue weighted by Crippen LogP contribution is -2.28. The smallest absolute Gasteiger partial charge is 0.344 e. The van der Waals surface area contributed by atoms with Gasteiger partial charge in [0.2, 0.25) is 0 Å². The number of hydrogen-bond acceptors (Lipinski definition) is 6. The van der Waals surface area contributed by atoms with Gasteiger partial charge in [-0.25, -0.2) is 14.4 Å². The quantitative estimate of drug-likeness (QED) is 0.709. The first-order valence-corrected chi connectivity index (χ1v) is 5.54. The highest BCUT2D eigenvalue weighted by Crippen LogP contribution is 2.21. The third-order valence-electron chi connectivity index (χ3n) is 2.61. The molecule has 0 aromatic carbocycles. The topological polar surface area (TPSA) is 102 Å². The van der Waals surface area contributed by atoms with Crippen LogP contribution in [0.1, 0.15) is 20.3 Å². The Labute approximate surface area is 109 Å². The fourth-order valence-electron chi connectivity index (χ4n) is 1.43. The van der Waals surface area contributed by atoms with E-state index in [0.29, 0.717) is 5.70 Å². The minimum absolute atomic E-state index is 0.0384. The van der Waals surface area contributed by atoms with Crippen molar-refractivity contribution in [2.45, 2.75) is 26.4 Å². The van der Waals surface area contributed by atoms with E-state index in [1.54, 1.807) is 6.92 Å². The molecule has 104 valence electrons. The average Bonchev–Trinajstić information content (AvgIpc) is 2.37. The third kappa shape index (κ3) is 3.57. The Bertz CT molecular complexity index is 477. The lowest BCUT2D eigenvalue weighted by molar-refractivity contribution is -0.160. The molecule has 7 heteroatoms. The summed E-state index contributed by atoms with van der Waals surface area (Å²) in [6, 6.07) is 0. The molecule has 1 unspecified atom stereocenters. The van der Waals surface area contributed by atoms with Crippen molar-refractivity contribution in [3.05, 3.63) is 23.0 Å². The van der Waals surface area contributed by atoms with E-state index < -0.39 is 24.0 Å². The van der Waals surface area contributed by atoms with E-state index in [0.717, 1.165) is 0 Å². The minimum atomic E-state index is -1.25. The molecule has 1 heterocycles. The summed E-state index contributed by atoms with van der Waals surface area (Å²) in [5.74, 6) is -2.56. The van der Waals surface area contributed by atoms with Crippen molar-refractivity contribution in [2.75, 3.05) is 7.11 Å². The van der Waals surface area contributed by atoms with Crippen LogP contribution in [0, 0.1) is 0 Å². The molecule has 0 amide bonds. The number of hydrogen-bond donors (Lipinski definition) is 2. The van der Waals surface area contributed by atoms with E-state index in [-0.39, 0.29) is 17.6 Å². The lowest BCUT2D eigenvalue weighted by Gasteiger charge is -2.19. The van der Waals surface area contributed by atoms with Crippen LogP contribution < -0.4 is 5.32 Å². The highest BCUT2D eigenvalue weighted by atomic mass is 16.6. The number of carboxylic acids is 1. The van der Waals surface area contributed by atoms with Crippen LogP contribution >= 0.6 is 0 Å². The zero-order chi connectivity index (χ0) is 14.6. The largest absolute Gasteiger partial charge is 0.479 e. The molecule has 7 nitrogen and oxygen atoms in total. The van der Waals surface area contributed by atoms with E-state index in [1.807, 2.05) is 0 Å². The van der Waals surface area contributed by atoms with Crippen molar-refractivity contribution >= 4 is 17.9 Å². The van der Waals surface area contributed by atoms with Crippen LogP contribution in [0.4, 0.5) is 0 Å². The molecule has 0 aromatic heterocycles. The van der Waals surface area contributed by atoms with Gasteiger partial charge in [0.25, 0.3) is 0 Å². The Morgan fingerprint density at radius 3 is 2.53 bits per heavy atom. The number of carbonyl (C=O) groups is 3. The molecule has 0 radical (unpaired) electrons. The zero-order valence-corrected chi connectivity index (χ0v) is 10.9. The Morgan fingerprint density at radius 1 is 1.37 bits per heavy atom. The molecule has 2 N–H and O–H groups in total. The first kappa shape index (κ1) is 14.7. The molecule has 19 heavy (non-hydrogen) atoms. The molecule has 0 spiro atoms. The van der Waals surface area contributed by atoms with Gasteiger partial charge < -0.3 is 19.9 Å². The van der Waals surface area contributed by atoms with Gasteiger partial charge in [0.1, 0.15) is 0 Å². The molecular weight excluding hydrogens is 254 g/mol. The Balaban J connectivity index is 2.79. The lowest BCUT2D eigenvalue weighted by atomic mass is 10.0. The maximum atomic E-state index is 11.8. The summed E-state index contributed by atoms with van der Waals surface area (Å²) in [6.07, 6.45) is 0.232. The van der Waals surface area contributed by atoms with E-state index in [4.69, 9.17) is 9.84 Å². The van der Waals surface area contributed by atoms with Crippen LogP contribution in [-0.4, -0.2) is 36.2 Å². The highest BCUT2D eigenvalue weighted by Gasteiger charge is 2.26. The fourth-order valence-corrected chi connectivity index (χ4v) is 1.43. The Hall–Kier alpha value is -2.31. The van der Waals surface area contributed by atoms with Gasteiger partial charge >= 0.3 is 17.9 Å². The van der Waals surface area contributed by atoms with Crippen LogP contribution in [-0.2, 0) is 23.9 Å². The summed E-state index contributed by atoms with van der Waals surface area (Å²) in [4.78, 5) is 33.8. The van der Waals surface area contributed by atoms with Crippen LogP contribution in [0.2, 0.25) is 0 Å². The maximum Gasteiger partial charge on any atom is 0.344 e. The summed E-state index contributed by atoms with van der Waals surface area (Å²) < 4.78 is 9.32. The number of carboxylic acid groups (broad SMARTS) is 1. The summed E-state index contributed by atoms with van der Waals surface area (Å²) >= 11 is 0. The highest BCUT2D eigenvalue weighted by molar-refractivity contribution is 5.96. The molecule has 1 aliphatic heterocycles. The molecule has 0 fully saturated rings. The predicted molar refractivity (Wildman–Crippen MR) is 63.7 cm³/mol. The van der Waals surface area contributed by atoms with Crippen LogP contribution in [0.3, 0.4) is 0 Å². The van der Waals surface area contributed by atoms with Crippen molar-refractivity contribution < 1.29 is 29.0 Å². The van der Waals surface area contributed by atoms with Gasteiger partial charge in [0.15, 0.2) is 6.10 Å². The van der Waals surface area contributed by atoms with Crippen molar-refractivity contribution in [3.63, 3.8) is 0 Å². The number of ether oxygens (including phenoxy) is 2. The van der Waals surface area contributed by atoms with E-state index in [1.165, 1.54) is 20.2 Å². The molecule has 0 bridgehead atoms. The second-order valence-corrected chi connectivity index (χ2v) is 3.97. The number of carbonyl (C=O) groups excluding carboxylic acids is 2. The van der Waals surface area contributed by atoms with Gasteiger partial charge in [-0.1, -0.05) is 0 Å². The van der Waals surface area contributed by atoms with Crippen LogP contribution in [0.15, 0.2) is 23.0 Å². The summed E-state index contributed by atoms with van der Waals surface area (Å²) in [6.45, 7) is 2.88. The number of allylic oxidation sites excluding steroid dienone is 1. The number of dihydropyridines is 1. The molecule has 0 aliphatic carbocycles. The van der Waals surface area contributed by atoms with Crippen molar-refractivity contribution in [1.29, 1.82) is 0 Å². The van der Waals surface area contributed by atoms with Crippen molar-refractivity contribution in [2.24, 2.45) is 0 Å². The molecule has 0 saturated carbocycles. The molecule has 1 atom stereocenters. The van der Waals surface area contributed by atoms with Gasteiger partial charge in [-0.2, -0.15) is 0 Å². The van der Waals surface area contributed by atoms with E-state index in [2.05, 4.69) is 10.1 Å². The monoisotopic (exact) mass is 269 g/mol. The first-order valence-electron chi connectivity index (χ1n) is 5.54. The number of nitrogens with one attached hydrogen (secondary N) is 1. The molecular formula is C12H15NO6. The number of esters is 2. The normalized spacial score (nSPS) is 16.1. The molecule has 1 rings (SSSR count). The Morgan fingerprint density at radius 2 is 2.00 bits per heavy atom. The number of aliphatic carboxylic acids is 1. The maximum absolute atomic E-state index is 11.8. The average molecular weight is 269 g/mol. The summed E-state index contributed by atoms with van der Waals surface area (Å²) in [5.41, 5.74) is 0.981. The Kier molecular flexibility index (Phi) is 4.68. The molecule has 0 saturated heterocycles. The van der Waals surface area contributed by atoms with Gasteiger partial charge in [0, 0.05) is 18.3 Å². The summed E-state index contributed by atoms with van der Waals surface area (Å²) in [7, 11) is 1.23. The van der Waals surface area contributed by atoms with E-state index >= 15 is 0 Å².